The minimum Gasteiger partial charge on any atom is -0.387 e. The molecule has 0 aliphatic carbocycles. The highest BCUT2D eigenvalue weighted by atomic mass is 16.7. The highest BCUT2D eigenvalue weighted by molar-refractivity contribution is 5.29. The van der Waals surface area contributed by atoms with Gasteiger partial charge in [0.05, 0.1) is 12.7 Å². The zero-order valence-electron chi connectivity index (χ0n) is 14.9. The summed E-state index contributed by atoms with van der Waals surface area (Å²) in [5.74, 6) is -0.256. The Morgan fingerprint density at radius 2 is 1.77 bits per heavy atom. The predicted molar refractivity (Wildman–Crippen MR) is 95.6 cm³/mol. The maximum Gasteiger partial charge on any atom is 0.184 e. The molecule has 6 atom stereocenters. The lowest BCUT2D eigenvalue weighted by Crippen LogP contribution is -2.58. The number of fused-ring (bicyclic) bond motifs is 1. The van der Waals surface area contributed by atoms with Crippen LogP contribution in [-0.4, -0.2) is 43.4 Å². The Morgan fingerprint density at radius 3 is 2.50 bits per heavy atom. The molecule has 5 heteroatoms. The SMILES string of the molecule is CO[C@@H]1O[C@@H]2CO[C@H](c3ccccc3)O[C@@H]2[C@H](c2cccc(C)c2)[C@H]1O. The molecule has 5 nitrogen and oxygen atoms in total. The lowest BCUT2D eigenvalue weighted by molar-refractivity contribution is -0.339. The standard InChI is InChI=1S/C21H24O5/c1-13-7-6-10-15(11-13)17-18(22)21(23-2)25-16-12-24-20(26-19(16)17)14-8-4-3-5-9-14/h3-11,16-22H,12H2,1-2H3/t16-,17-,18-,19+,20+,21-/m1/s1. The van der Waals surface area contributed by atoms with Crippen LogP contribution in [0.3, 0.4) is 0 Å². The topological polar surface area (TPSA) is 57.2 Å². The quantitative estimate of drug-likeness (QED) is 0.916. The summed E-state index contributed by atoms with van der Waals surface area (Å²) in [7, 11) is 1.54. The van der Waals surface area contributed by atoms with Crippen molar-refractivity contribution in [2.24, 2.45) is 0 Å². The molecule has 2 aromatic rings. The van der Waals surface area contributed by atoms with Gasteiger partial charge in [0.25, 0.3) is 0 Å². The third-order valence-electron chi connectivity index (χ3n) is 5.10. The highest BCUT2D eigenvalue weighted by Crippen LogP contribution is 2.41. The molecule has 1 N–H and O–H groups in total. The zero-order valence-corrected chi connectivity index (χ0v) is 14.9. The third-order valence-corrected chi connectivity index (χ3v) is 5.10. The Morgan fingerprint density at radius 1 is 1.00 bits per heavy atom. The Hall–Kier alpha value is -1.76. The molecule has 2 aliphatic heterocycles. The van der Waals surface area contributed by atoms with Crippen molar-refractivity contribution < 1.29 is 24.1 Å². The van der Waals surface area contributed by atoms with E-state index in [1.54, 1.807) is 7.11 Å². The minimum absolute atomic E-state index is 0.256. The van der Waals surface area contributed by atoms with Crippen LogP contribution in [0.2, 0.25) is 0 Å². The van der Waals surface area contributed by atoms with Crippen molar-refractivity contribution >= 4 is 0 Å². The predicted octanol–water partition coefficient (Wildman–Crippen LogP) is 2.93. The van der Waals surface area contributed by atoms with Crippen molar-refractivity contribution in [1.29, 1.82) is 0 Å². The number of rotatable bonds is 3. The van der Waals surface area contributed by atoms with Crippen LogP contribution in [0.25, 0.3) is 0 Å². The van der Waals surface area contributed by atoms with Crippen LogP contribution in [0.1, 0.15) is 28.9 Å². The average Bonchev–Trinajstić information content (AvgIpc) is 2.67. The first kappa shape index (κ1) is 17.6. The molecule has 2 fully saturated rings. The second-order valence-corrected chi connectivity index (χ2v) is 6.89. The molecule has 2 saturated heterocycles. The lowest BCUT2D eigenvalue weighted by Gasteiger charge is -2.48. The minimum atomic E-state index is -0.822. The maximum absolute atomic E-state index is 10.9. The van der Waals surface area contributed by atoms with Crippen LogP contribution in [0.4, 0.5) is 0 Å². The molecule has 0 amide bonds. The molecule has 2 aromatic carbocycles. The van der Waals surface area contributed by atoms with Gasteiger partial charge in [-0.15, -0.1) is 0 Å². The maximum atomic E-state index is 10.9. The second kappa shape index (κ2) is 7.47. The number of aryl methyl sites for hydroxylation is 1. The van der Waals surface area contributed by atoms with Crippen LogP contribution in [0.15, 0.2) is 54.6 Å². The normalized spacial score (nSPS) is 34.3. The van der Waals surface area contributed by atoms with Crippen molar-refractivity contribution in [3.8, 4) is 0 Å². The first-order chi connectivity index (χ1) is 12.7. The summed E-state index contributed by atoms with van der Waals surface area (Å²) < 4.78 is 23.4. The molecule has 0 aromatic heterocycles. The molecule has 0 saturated carbocycles. The van der Waals surface area contributed by atoms with E-state index in [0.29, 0.717) is 6.61 Å². The van der Waals surface area contributed by atoms with Gasteiger partial charge in [0.1, 0.15) is 12.2 Å². The second-order valence-electron chi connectivity index (χ2n) is 6.89. The van der Waals surface area contributed by atoms with Crippen LogP contribution >= 0.6 is 0 Å². The van der Waals surface area contributed by atoms with E-state index in [2.05, 4.69) is 6.07 Å². The number of aliphatic hydroxyl groups is 1. The number of aliphatic hydroxyl groups excluding tert-OH is 1. The summed E-state index contributed by atoms with van der Waals surface area (Å²) >= 11 is 0. The number of methoxy groups -OCH3 is 1. The van der Waals surface area contributed by atoms with E-state index in [4.69, 9.17) is 18.9 Å². The smallest absolute Gasteiger partial charge is 0.184 e. The van der Waals surface area contributed by atoms with Crippen LogP contribution in [0.5, 0.6) is 0 Å². The fraction of sp³-hybridized carbons (Fsp3) is 0.429. The number of benzene rings is 2. The lowest BCUT2D eigenvalue weighted by atomic mass is 9.82. The summed E-state index contributed by atoms with van der Waals surface area (Å²) in [6, 6.07) is 18.0. The van der Waals surface area contributed by atoms with E-state index < -0.39 is 18.7 Å². The van der Waals surface area contributed by atoms with Crippen molar-refractivity contribution in [1.82, 2.24) is 0 Å². The number of hydrogen-bond donors (Lipinski definition) is 1. The van der Waals surface area contributed by atoms with E-state index in [-0.39, 0.29) is 18.1 Å². The largest absolute Gasteiger partial charge is 0.387 e. The third kappa shape index (κ3) is 3.29. The van der Waals surface area contributed by atoms with Gasteiger partial charge in [-0.3, -0.25) is 0 Å². The van der Waals surface area contributed by atoms with Gasteiger partial charge in [-0.25, -0.2) is 0 Å². The van der Waals surface area contributed by atoms with Crippen LogP contribution in [0, 0.1) is 6.92 Å². The summed E-state index contributed by atoms with van der Waals surface area (Å²) in [6.45, 7) is 2.43. The molecule has 2 aliphatic rings. The summed E-state index contributed by atoms with van der Waals surface area (Å²) in [6.07, 6.45) is -2.62. The van der Waals surface area contributed by atoms with Gasteiger partial charge in [0.2, 0.25) is 0 Å². The first-order valence-corrected chi connectivity index (χ1v) is 8.92. The molecular formula is C21H24O5. The molecule has 0 unspecified atom stereocenters. The molecule has 4 rings (SSSR count). The van der Waals surface area contributed by atoms with E-state index in [1.165, 1.54) is 0 Å². The van der Waals surface area contributed by atoms with Gasteiger partial charge in [-0.1, -0.05) is 60.2 Å². The molecule has 138 valence electrons. The fourth-order valence-electron chi connectivity index (χ4n) is 3.84. The van der Waals surface area contributed by atoms with E-state index in [0.717, 1.165) is 16.7 Å². The molecule has 26 heavy (non-hydrogen) atoms. The zero-order chi connectivity index (χ0) is 18.1. The monoisotopic (exact) mass is 356 g/mol. The Labute approximate surface area is 153 Å². The first-order valence-electron chi connectivity index (χ1n) is 8.92. The van der Waals surface area contributed by atoms with Crippen molar-refractivity contribution in [3.05, 3.63) is 71.3 Å². The van der Waals surface area contributed by atoms with Crippen LogP contribution in [-0.2, 0) is 18.9 Å². The van der Waals surface area contributed by atoms with E-state index in [9.17, 15) is 5.11 Å². The Kier molecular flexibility index (Phi) is 5.07. The van der Waals surface area contributed by atoms with Crippen molar-refractivity contribution in [3.63, 3.8) is 0 Å². The van der Waals surface area contributed by atoms with Gasteiger partial charge in [-0.2, -0.15) is 0 Å². The average molecular weight is 356 g/mol. The van der Waals surface area contributed by atoms with Gasteiger partial charge in [-0.05, 0) is 12.5 Å². The highest BCUT2D eigenvalue weighted by Gasteiger charge is 2.50. The van der Waals surface area contributed by atoms with E-state index in [1.807, 2.05) is 55.5 Å². The Bertz CT molecular complexity index is 734. The van der Waals surface area contributed by atoms with Crippen molar-refractivity contribution in [2.75, 3.05) is 13.7 Å². The number of hydrogen-bond acceptors (Lipinski definition) is 5. The van der Waals surface area contributed by atoms with Gasteiger partial charge >= 0.3 is 0 Å². The Balaban J connectivity index is 1.66. The van der Waals surface area contributed by atoms with Gasteiger partial charge < -0.3 is 24.1 Å². The summed E-state index contributed by atoms with van der Waals surface area (Å²) in [4.78, 5) is 0. The molecule has 0 spiro atoms. The van der Waals surface area contributed by atoms with Crippen molar-refractivity contribution in [2.45, 2.75) is 43.7 Å². The fourth-order valence-corrected chi connectivity index (χ4v) is 3.84. The van der Waals surface area contributed by atoms with Gasteiger partial charge in [0, 0.05) is 18.6 Å². The van der Waals surface area contributed by atoms with Gasteiger partial charge in [0.15, 0.2) is 12.6 Å². The molecular weight excluding hydrogens is 332 g/mol. The van der Waals surface area contributed by atoms with Crippen LogP contribution < -0.4 is 0 Å². The summed E-state index contributed by atoms with van der Waals surface area (Å²) in [5, 5.41) is 10.9. The number of ether oxygens (including phenoxy) is 4. The molecule has 0 bridgehead atoms. The molecule has 0 radical (unpaired) electrons. The summed E-state index contributed by atoms with van der Waals surface area (Å²) in [5.41, 5.74) is 3.11. The molecule has 2 heterocycles. The van der Waals surface area contributed by atoms with E-state index >= 15 is 0 Å².